The van der Waals surface area contributed by atoms with Crippen LogP contribution >= 0.6 is 23.2 Å². The summed E-state index contributed by atoms with van der Waals surface area (Å²) < 4.78 is 76.4. The zero-order chi connectivity index (χ0) is 39.5. The zero-order valence-electron chi connectivity index (χ0n) is 28.9. The molecule has 0 spiro atoms. The highest BCUT2D eigenvalue weighted by Gasteiger charge is 2.46. The summed E-state index contributed by atoms with van der Waals surface area (Å²) in [5.41, 5.74) is -0.506. The average Bonchev–Trinajstić information content (AvgIpc) is 3.12. The van der Waals surface area contributed by atoms with Crippen LogP contribution in [0.15, 0.2) is 66.9 Å². The van der Waals surface area contributed by atoms with Gasteiger partial charge in [-0.2, -0.15) is 22.0 Å². The first kappa shape index (κ1) is 43.0. The molecule has 0 aliphatic carbocycles. The highest BCUT2D eigenvalue weighted by molar-refractivity contribution is 6.42. The van der Waals surface area contributed by atoms with Crippen LogP contribution in [0.1, 0.15) is 73.6 Å². The van der Waals surface area contributed by atoms with Crippen molar-refractivity contribution in [2.75, 3.05) is 13.7 Å². The first-order valence-electron chi connectivity index (χ1n) is 16.5. The largest absolute Gasteiger partial charge is 0.497 e. The minimum Gasteiger partial charge on any atom is -0.497 e. The number of pyridine rings is 1. The maximum absolute atomic E-state index is 15.5. The number of carbonyl (C=O) groups excluding carboxylic acids is 5. The van der Waals surface area contributed by atoms with Gasteiger partial charge in [0.1, 0.15) is 17.5 Å². The summed E-state index contributed by atoms with van der Waals surface area (Å²) in [6, 6.07) is 11.6. The fourth-order valence-electron chi connectivity index (χ4n) is 5.42. The van der Waals surface area contributed by atoms with Gasteiger partial charge in [0.05, 0.1) is 17.2 Å². The van der Waals surface area contributed by atoms with Crippen molar-refractivity contribution in [2.24, 2.45) is 17.8 Å². The van der Waals surface area contributed by atoms with E-state index in [0.717, 1.165) is 18.2 Å². The Morgan fingerprint density at radius 3 is 2.11 bits per heavy atom. The van der Waals surface area contributed by atoms with Gasteiger partial charge in [-0.05, 0) is 60.7 Å². The van der Waals surface area contributed by atoms with E-state index in [9.17, 15) is 37.1 Å². The van der Waals surface area contributed by atoms with E-state index in [2.05, 4.69) is 15.6 Å². The number of benzene rings is 2. The van der Waals surface area contributed by atoms with E-state index in [1.165, 1.54) is 57.5 Å². The molecule has 9 nitrogen and oxygen atoms in total. The first-order chi connectivity index (χ1) is 24.9. The molecule has 1 aromatic heterocycles. The smallest absolute Gasteiger partial charge is 0.450 e. The quantitative estimate of drug-likeness (QED) is 0.0934. The lowest BCUT2D eigenvalue weighted by Crippen LogP contribution is -2.42. The lowest BCUT2D eigenvalue weighted by Gasteiger charge is -2.26. The molecular formula is C37H38Cl2F5N3O6. The van der Waals surface area contributed by atoms with Gasteiger partial charge in [-0.25, -0.2) is 0 Å². The summed E-state index contributed by atoms with van der Waals surface area (Å²) in [7, 11) is 1.37. The minimum absolute atomic E-state index is 0.0306. The van der Waals surface area contributed by atoms with Crippen LogP contribution in [-0.2, 0) is 25.1 Å². The molecule has 3 rings (SSSR count). The number of ketones is 3. The average molecular weight is 787 g/mol. The summed E-state index contributed by atoms with van der Waals surface area (Å²) in [5, 5.41) is 4.84. The van der Waals surface area contributed by atoms with E-state index in [4.69, 9.17) is 27.9 Å². The maximum Gasteiger partial charge on any atom is 0.450 e. The lowest BCUT2D eigenvalue weighted by atomic mass is 9.84. The Morgan fingerprint density at radius 2 is 1.55 bits per heavy atom. The van der Waals surface area contributed by atoms with Gasteiger partial charge >= 0.3 is 12.1 Å². The zero-order valence-corrected chi connectivity index (χ0v) is 30.5. The highest BCUT2D eigenvalue weighted by Crippen LogP contribution is 2.36. The molecule has 1 heterocycles. The molecule has 16 heteroatoms. The number of aromatic nitrogens is 1. The van der Waals surface area contributed by atoms with Crippen molar-refractivity contribution in [3.8, 4) is 5.75 Å². The van der Waals surface area contributed by atoms with E-state index >= 15 is 8.78 Å². The minimum atomic E-state index is -5.23. The molecule has 2 N–H and O–H groups in total. The Bertz CT molecular complexity index is 1760. The Balaban J connectivity index is 1.89. The number of ether oxygens (including phenoxy) is 1. The highest BCUT2D eigenvalue weighted by atomic mass is 35.5. The molecule has 0 unspecified atom stereocenters. The summed E-state index contributed by atoms with van der Waals surface area (Å²) in [6.07, 6.45) is -5.48. The molecular weight excluding hydrogens is 748 g/mol. The molecule has 3 atom stereocenters. The topological polar surface area (TPSA) is 132 Å². The molecule has 0 saturated heterocycles. The molecule has 0 aliphatic rings. The number of carbonyl (C=O) groups is 5. The Hall–Kier alpha value is -4.43. The predicted molar refractivity (Wildman–Crippen MR) is 187 cm³/mol. The molecule has 3 aromatic rings. The summed E-state index contributed by atoms with van der Waals surface area (Å²) in [5.74, 6) is -14.1. The first-order valence-corrected chi connectivity index (χ1v) is 17.3. The van der Waals surface area contributed by atoms with Gasteiger partial charge in [0.15, 0.2) is 5.78 Å². The molecule has 0 fully saturated rings. The maximum atomic E-state index is 15.5. The van der Waals surface area contributed by atoms with Gasteiger partial charge < -0.3 is 15.4 Å². The second-order valence-electron chi connectivity index (χ2n) is 12.6. The number of hydrogen-bond acceptors (Lipinski definition) is 7. The standard InChI is InChI=1S/C37H38Cl2F5N3O6/c1-21(2)26(33(50)37(42,43)44)20-30(48)32(22-10-13-25(53-3)14-11-22)47-34(51)23(8-4-6-17-46-35(52)29-9-5-7-16-45-29)18-31(49)36(40,41)24-12-15-27(38)28(39)19-24/h5,7,9-16,19,21,23,26,32H,4,6,8,17-18,20H2,1-3H3,(H,46,52)(H,47,51)/t23-,26+,32+/m1/s1. The normalized spacial score (nSPS) is 13.5. The van der Waals surface area contributed by atoms with Gasteiger partial charge in [-0.3, -0.25) is 29.0 Å². The Labute approximate surface area is 313 Å². The van der Waals surface area contributed by atoms with Crippen LogP contribution in [0, 0.1) is 17.8 Å². The fourth-order valence-corrected chi connectivity index (χ4v) is 5.72. The van der Waals surface area contributed by atoms with Crippen LogP contribution in [0.25, 0.3) is 0 Å². The number of Topliss-reactive ketones (excluding diaryl/α,β-unsaturated/α-hetero) is 3. The van der Waals surface area contributed by atoms with E-state index in [0.29, 0.717) is 5.75 Å². The number of nitrogens with one attached hydrogen (secondary N) is 2. The third-order valence-corrected chi connectivity index (χ3v) is 9.24. The van der Waals surface area contributed by atoms with Crippen LogP contribution in [0.5, 0.6) is 5.75 Å². The van der Waals surface area contributed by atoms with Crippen LogP contribution in [0.4, 0.5) is 22.0 Å². The number of nitrogens with zero attached hydrogens (tertiary/aromatic N) is 1. The number of alkyl halides is 5. The summed E-state index contributed by atoms with van der Waals surface area (Å²) in [4.78, 5) is 69.3. The van der Waals surface area contributed by atoms with Crippen molar-refractivity contribution >= 4 is 52.4 Å². The molecule has 2 aromatic carbocycles. The van der Waals surface area contributed by atoms with Crippen LogP contribution in [0.2, 0.25) is 10.0 Å². The van der Waals surface area contributed by atoms with Gasteiger partial charge in [-0.1, -0.05) is 67.7 Å². The number of methoxy groups -OCH3 is 1. The number of amides is 2. The van der Waals surface area contributed by atoms with E-state index in [1.807, 2.05) is 0 Å². The second-order valence-corrected chi connectivity index (χ2v) is 13.4. The van der Waals surface area contributed by atoms with Gasteiger partial charge in [0.25, 0.3) is 5.91 Å². The van der Waals surface area contributed by atoms with Crippen LogP contribution in [0.3, 0.4) is 0 Å². The Morgan fingerprint density at radius 1 is 0.868 bits per heavy atom. The molecule has 0 radical (unpaired) electrons. The Kier molecular flexibility index (Phi) is 15.5. The summed E-state index contributed by atoms with van der Waals surface area (Å²) in [6.45, 7) is 2.79. The molecule has 0 bridgehead atoms. The molecule has 0 saturated carbocycles. The van der Waals surface area contributed by atoms with Crippen LogP contribution < -0.4 is 15.4 Å². The van der Waals surface area contributed by atoms with E-state index in [1.54, 1.807) is 12.1 Å². The third kappa shape index (κ3) is 12.0. The van der Waals surface area contributed by atoms with E-state index < -0.39 is 83.5 Å². The summed E-state index contributed by atoms with van der Waals surface area (Å²) >= 11 is 11.8. The molecule has 286 valence electrons. The monoisotopic (exact) mass is 785 g/mol. The molecule has 2 amide bonds. The van der Waals surface area contributed by atoms with Crippen molar-refractivity contribution in [3.63, 3.8) is 0 Å². The van der Waals surface area contributed by atoms with Gasteiger partial charge in [0, 0.05) is 43.0 Å². The van der Waals surface area contributed by atoms with Crippen molar-refractivity contribution in [2.45, 2.75) is 64.1 Å². The molecule has 53 heavy (non-hydrogen) atoms. The number of unbranched alkanes of at least 4 members (excludes halogenated alkanes) is 1. The number of halogens is 7. The van der Waals surface area contributed by atoms with Gasteiger partial charge in [-0.15, -0.1) is 0 Å². The van der Waals surface area contributed by atoms with Gasteiger partial charge in [0.2, 0.25) is 17.5 Å². The van der Waals surface area contributed by atoms with Crippen molar-refractivity contribution in [1.82, 2.24) is 15.6 Å². The second kappa shape index (κ2) is 19.1. The van der Waals surface area contributed by atoms with Crippen molar-refractivity contribution < 1.29 is 50.7 Å². The van der Waals surface area contributed by atoms with Crippen LogP contribution in [-0.4, -0.2) is 54.0 Å². The SMILES string of the molecule is COc1ccc([C@H](NC(=O)[C@H](CCCCNC(=O)c2ccccn2)CC(=O)C(F)(F)c2ccc(Cl)c(Cl)c2)C(=O)C[C@H](C(=O)C(F)(F)F)C(C)C)cc1. The third-order valence-electron chi connectivity index (χ3n) is 8.50. The molecule has 0 aliphatic heterocycles. The van der Waals surface area contributed by atoms with Crippen molar-refractivity contribution in [1.29, 1.82) is 0 Å². The number of rotatable bonds is 19. The van der Waals surface area contributed by atoms with Crippen molar-refractivity contribution in [3.05, 3.63) is 93.7 Å². The number of hydrogen-bond donors (Lipinski definition) is 2. The lowest BCUT2D eigenvalue weighted by molar-refractivity contribution is -0.177. The predicted octanol–water partition coefficient (Wildman–Crippen LogP) is 7.88. The fraction of sp³-hybridized carbons (Fsp3) is 0.405. The van der Waals surface area contributed by atoms with E-state index in [-0.39, 0.29) is 47.1 Å².